The number of hydrogen-bond acceptors (Lipinski definition) is 1. The molecule has 0 radical (unpaired) electrons. The van der Waals surface area contributed by atoms with Gasteiger partial charge in [0.25, 0.3) is 0 Å². The van der Waals surface area contributed by atoms with Crippen molar-refractivity contribution in [2.45, 2.75) is 0 Å². The molecule has 1 heterocycles. The summed E-state index contributed by atoms with van der Waals surface area (Å²) in [6.07, 6.45) is 1.84. The molecule has 0 aliphatic carbocycles. The molecule has 0 aliphatic rings. The third-order valence-electron chi connectivity index (χ3n) is 1.90. The Morgan fingerprint density at radius 2 is 2.23 bits per heavy atom. The van der Waals surface area contributed by atoms with E-state index >= 15 is 0 Å². The van der Waals surface area contributed by atoms with E-state index in [2.05, 4.69) is 27.6 Å². The minimum Gasteiger partial charge on any atom is -0.494 e. The van der Waals surface area contributed by atoms with Crippen molar-refractivity contribution in [3.8, 4) is 5.75 Å². The van der Waals surface area contributed by atoms with Gasteiger partial charge in [0, 0.05) is 26.7 Å². The average Bonchev–Trinajstić information content (AvgIpc) is 2.46. The minimum absolute atomic E-state index is 0.282. The van der Waals surface area contributed by atoms with E-state index in [1.165, 1.54) is 13.2 Å². The number of aromatic amines is 1. The van der Waals surface area contributed by atoms with Crippen LogP contribution in [-0.4, -0.2) is 12.1 Å². The van der Waals surface area contributed by atoms with Crippen molar-refractivity contribution >= 4 is 33.5 Å². The standard InChI is InChI=1S/C9H7FINO/c1-13-9-2-5-7(11)4-12-8(5)3-6(9)10/h2-4,12H,1H3. The molecule has 0 amide bonds. The normalized spacial score (nSPS) is 10.7. The van der Waals surface area contributed by atoms with Gasteiger partial charge in [-0.3, -0.25) is 0 Å². The van der Waals surface area contributed by atoms with E-state index in [1.54, 1.807) is 6.07 Å². The fourth-order valence-electron chi connectivity index (χ4n) is 1.25. The molecule has 0 aliphatic heterocycles. The summed E-state index contributed by atoms with van der Waals surface area (Å²) in [5.41, 5.74) is 0.794. The Bertz CT molecular complexity index is 452. The van der Waals surface area contributed by atoms with Gasteiger partial charge >= 0.3 is 0 Å². The second-order valence-corrected chi connectivity index (χ2v) is 3.83. The number of benzene rings is 1. The van der Waals surface area contributed by atoms with Crippen LogP contribution in [0.1, 0.15) is 0 Å². The Balaban J connectivity index is 2.77. The van der Waals surface area contributed by atoms with Gasteiger partial charge in [0.15, 0.2) is 11.6 Å². The lowest BCUT2D eigenvalue weighted by molar-refractivity contribution is 0.387. The van der Waals surface area contributed by atoms with Gasteiger partial charge in [-0.15, -0.1) is 0 Å². The number of rotatable bonds is 1. The summed E-state index contributed by atoms with van der Waals surface area (Å²) >= 11 is 2.19. The number of ether oxygens (including phenoxy) is 1. The van der Waals surface area contributed by atoms with Crippen LogP contribution in [0.25, 0.3) is 10.9 Å². The molecule has 2 aromatic rings. The van der Waals surface area contributed by atoms with Gasteiger partial charge in [0.2, 0.25) is 0 Å². The van der Waals surface area contributed by atoms with Crippen LogP contribution in [0.3, 0.4) is 0 Å². The molecule has 1 aromatic carbocycles. The van der Waals surface area contributed by atoms with E-state index in [0.717, 1.165) is 14.5 Å². The number of fused-ring (bicyclic) bond motifs is 1. The second-order valence-electron chi connectivity index (χ2n) is 2.67. The van der Waals surface area contributed by atoms with Gasteiger partial charge in [-0.1, -0.05) is 0 Å². The third kappa shape index (κ3) is 1.39. The molecule has 0 bridgehead atoms. The van der Waals surface area contributed by atoms with Crippen LogP contribution in [0, 0.1) is 9.39 Å². The highest BCUT2D eigenvalue weighted by atomic mass is 127. The first-order valence-electron chi connectivity index (χ1n) is 3.72. The largest absolute Gasteiger partial charge is 0.494 e. The summed E-state index contributed by atoms with van der Waals surface area (Å²) in [5, 5.41) is 0.985. The molecule has 4 heteroatoms. The zero-order valence-corrected chi connectivity index (χ0v) is 9.05. The molecule has 13 heavy (non-hydrogen) atoms. The summed E-state index contributed by atoms with van der Waals surface area (Å²) in [7, 11) is 1.46. The van der Waals surface area contributed by atoms with Crippen LogP contribution in [0.4, 0.5) is 4.39 Å². The molecule has 0 atom stereocenters. The van der Waals surface area contributed by atoms with Crippen molar-refractivity contribution < 1.29 is 9.13 Å². The van der Waals surface area contributed by atoms with E-state index in [-0.39, 0.29) is 11.6 Å². The predicted molar refractivity (Wildman–Crippen MR) is 57.5 cm³/mol. The van der Waals surface area contributed by atoms with E-state index < -0.39 is 0 Å². The van der Waals surface area contributed by atoms with E-state index in [1.807, 2.05) is 6.20 Å². The van der Waals surface area contributed by atoms with Gasteiger partial charge in [0.05, 0.1) is 7.11 Å². The summed E-state index contributed by atoms with van der Waals surface area (Å²) < 4.78 is 19.1. The third-order valence-corrected chi connectivity index (χ3v) is 2.80. The molecule has 0 saturated carbocycles. The predicted octanol–water partition coefficient (Wildman–Crippen LogP) is 2.92. The Hall–Kier alpha value is -0.780. The first kappa shape index (κ1) is 8.80. The number of methoxy groups -OCH3 is 1. The second kappa shape index (κ2) is 3.17. The molecule has 0 unspecified atom stereocenters. The van der Waals surface area contributed by atoms with E-state index in [0.29, 0.717) is 0 Å². The van der Waals surface area contributed by atoms with Crippen molar-refractivity contribution in [2.75, 3.05) is 7.11 Å². The zero-order valence-electron chi connectivity index (χ0n) is 6.90. The molecule has 1 aromatic heterocycles. The van der Waals surface area contributed by atoms with E-state index in [4.69, 9.17) is 4.74 Å². The summed E-state index contributed by atoms with van der Waals surface area (Å²) in [4.78, 5) is 2.98. The maximum atomic E-state index is 13.2. The van der Waals surface area contributed by atoms with Crippen LogP contribution in [-0.2, 0) is 0 Å². The van der Waals surface area contributed by atoms with Gasteiger partial charge in [-0.25, -0.2) is 4.39 Å². The molecule has 1 N–H and O–H groups in total. The van der Waals surface area contributed by atoms with Crippen LogP contribution >= 0.6 is 22.6 Å². The first-order chi connectivity index (χ1) is 6.22. The maximum Gasteiger partial charge on any atom is 0.167 e. The SMILES string of the molecule is COc1cc2c(I)c[nH]c2cc1F. The molecule has 0 spiro atoms. The number of aromatic nitrogens is 1. The van der Waals surface area contributed by atoms with Crippen LogP contribution in [0.5, 0.6) is 5.75 Å². The van der Waals surface area contributed by atoms with Gasteiger partial charge in [-0.05, 0) is 28.7 Å². The lowest BCUT2D eigenvalue weighted by Crippen LogP contribution is -1.87. The Labute approximate surface area is 88.2 Å². The number of H-pyrrole nitrogens is 1. The molecule has 2 nitrogen and oxygen atoms in total. The number of nitrogens with one attached hydrogen (secondary N) is 1. The van der Waals surface area contributed by atoms with Crippen molar-refractivity contribution in [3.63, 3.8) is 0 Å². The minimum atomic E-state index is -0.340. The summed E-state index contributed by atoms with van der Waals surface area (Å²) in [5.74, 6) is -0.0572. The van der Waals surface area contributed by atoms with Gasteiger partial charge < -0.3 is 9.72 Å². The molecular weight excluding hydrogens is 284 g/mol. The van der Waals surface area contributed by atoms with Gasteiger partial charge in [-0.2, -0.15) is 0 Å². The molecule has 0 saturated heterocycles. The highest BCUT2D eigenvalue weighted by Crippen LogP contribution is 2.27. The fourth-order valence-corrected chi connectivity index (χ4v) is 1.85. The van der Waals surface area contributed by atoms with Gasteiger partial charge in [0.1, 0.15) is 0 Å². The lowest BCUT2D eigenvalue weighted by Gasteiger charge is -2.01. The molecule has 0 fully saturated rings. The lowest BCUT2D eigenvalue weighted by atomic mass is 10.2. The highest BCUT2D eigenvalue weighted by Gasteiger charge is 2.07. The Morgan fingerprint density at radius 3 is 2.92 bits per heavy atom. The summed E-state index contributed by atoms with van der Waals surface area (Å²) in [6.45, 7) is 0. The van der Waals surface area contributed by atoms with E-state index in [9.17, 15) is 4.39 Å². The molecule has 2 rings (SSSR count). The van der Waals surface area contributed by atoms with Crippen LogP contribution in [0.2, 0.25) is 0 Å². The van der Waals surface area contributed by atoms with Crippen molar-refractivity contribution in [3.05, 3.63) is 27.7 Å². The zero-order chi connectivity index (χ0) is 9.42. The highest BCUT2D eigenvalue weighted by molar-refractivity contribution is 14.1. The van der Waals surface area contributed by atoms with Crippen molar-refractivity contribution in [1.29, 1.82) is 0 Å². The van der Waals surface area contributed by atoms with Crippen molar-refractivity contribution in [1.82, 2.24) is 4.98 Å². The smallest absolute Gasteiger partial charge is 0.167 e. The van der Waals surface area contributed by atoms with Crippen molar-refractivity contribution in [2.24, 2.45) is 0 Å². The molecule has 68 valence electrons. The number of halogens is 2. The Kier molecular flexibility index (Phi) is 2.15. The quantitative estimate of drug-likeness (QED) is 0.803. The molecular formula is C9H7FINO. The summed E-state index contributed by atoms with van der Waals surface area (Å²) in [6, 6.07) is 3.14. The monoisotopic (exact) mass is 291 g/mol. The number of hydrogen-bond donors (Lipinski definition) is 1. The Morgan fingerprint density at radius 1 is 1.46 bits per heavy atom. The maximum absolute atomic E-state index is 13.2. The fraction of sp³-hybridized carbons (Fsp3) is 0.111. The first-order valence-corrected chi connectivity index (χ1v) is 4.80. The topological polar surface area (TPSA) is 25.0 Å². The average molecular weight is 291 g/mol. The van der Waals surface area contributed by atoms with Crippen LogP contribution < -0.4 is 4.74 Å². The van der Waals surface area contributed by atoms with Crippen LogP contribution in [0.15, 0.2) is 18.3 Å².